The van der Waals surface area contributed by atoms with Crippen LogP contribution < -0.4 is 5.73 Å². The minimum atomic E-state index is -0.232. The summed E-state index contributed by atoms with van der Waals surface area (Å²) in [7, 11) is 0. The summed E-state index contributed by atoms with van der Waals surface area (Å²) >= 11 is 0. The Morgan fingerprint density at radius 2 is 2.05 bits per heavy atom. The average molecular weight is 264 g/mol. The lowest BCUT2D eigenvalue weighted by Crippen LogP contribution is -2.33. The fraction of sp³-hybridized carbons (Fsp3) is 0.625. The van der Waals surface area contributed by atoms with E-state index < -0.39 is 0 Å². The molecule has 1 aliphatic heterocycles. The second-order valence-corrected chi connectivity index (χ2v) is 6.67. The standard InChI is InChI=1S/C16H25FN2/c1-12(10-19-9-8-16(2,3)11-19)15(18)13-6-4-5-7-14(13)17/h4-7,12,15H,8-11,18H2,1-3H3. The highest BCUT2D eigenvalue weighted by atomic mass is 19.1. The summed E-state index contributed by atoms with van der Waals surface area (Å²) in [5.41, 5.74) is 7.26. The largest absolute Gasteiger partial charge is 0.324 e. The van der Waals surface area contributed by atoms with Crippen LogP contribution in [0.15, 0.2) is 24.3 Å². The predicted molar refractivity (Wildman–Crippen MR) is 77.3 cm³/mol. The van der Waals surface area contributed by atoms with Crippen molar-refractivity contribution in [1.29, 1.82) is 0 Å². The van der Waals surface area contributed by atoms with Crippen molar-refractivity contribution >= 4 is 0 Å². The van der Waals surface area contributed by atoms with Crippen LogP contribution in [0.25, 0.3) is 0 Å². The molecule has 2 rings (SSSR count). The van der Waals surface area contributed by atoms with Crippen LogP contribution in [0.1, 0.15) is 38.8 Å². The summed E-state index contributed by atoms with van der Waals surface area (Å²) in [5, 5.41) is 0. The van der Waals surface area contributed by atoms with Gasteiger partial charge in [-0.2, -0.15) is 0 Å². The third kappa shape index (κ3) is 3.54. The molecular weight excluding hydrogens is 239 g/mol. The van der Waals surface area contributed by atoms with Crippen molar-refractivity contribution in [2.75, 3.05) is 19.6 Å². The Balaban J connectivity index is 1.97. The molecule has 1 heterocycles. The van der Waals surface area contributed by atoms with Crippen molar-refractivity contribution < 1.29 is 4.39 Å². The molecule has 1 aromatic rings. The van der Waals surface area contributed by atoms with E-state index in [1.165, 1.54) is 12.5 Å². The van der Waals surface area contributed by atoms with E-state index in [0.29, 0.717) is 11.0 Å². The molecule has 1 aromatic carbocycles. The number of rotatable bonds is 4. The van der Waals surface area contributed by atoms with E-state index in [2.05, 4.69) is 25.7 Å². The molecule has 0 radical (unpaired) electrons. The smallest absolute Gasteiger partial charge is 0.127 e. The van der Waals surface area contributed by atoms with Gasteiger partial charge in [0.05, 0.1) is 0 Å². The Labute approximate surface area is 115 Å². The first-order valence-electron chi connectivity index (χ1n) is 7.11. The molecule has 1 fully saturated rings. The Bertz CT molecular complexity index is 431. The van der Waals surface area contributed by atoms with Gasteiger partial charge in [0.25, 0.3) is 0 Å². The van der Waals surface area contributed by atoms with Crippen LogP contribution in [0.3, 0.4) is 0 Å². The maximum Gasteiger partial charge on any atom is 0.127 e. The molecule has 0 bridgehead atoms. The van der Waals surface area contributed by atoms with Crippen molar-refractivity contribution in [2.45, 2.75) is 33.2 Å². The van der Waals surface area contributed by atoms with Crippen molar-refractivity contribution in [3.63, 3.8) is 0 Å². The molecule has 0 saturated carbocycles. The second kappa shape index (κ2) is 5.59. The summed E-state index contributed by atoms with van der Waals surface area (Å²) in [6, 6.07) is 6.61. The monoisotopic (exact) mass is 264 g/mol. The zero-order valence-corrected chi connectivity index (χ0v) is 12.2. The third-order valence-corrected chi connectivity index (χ3v) is 4.18. The van der Waals surface area contributed by atoms with Crippen LogP contribution >= 0.6 is 0 Å². The number of hydrogen-bond donors (Lipinski definition) is 1. The van der Waals surface area contributed by atoms with Gasteiger partial charge in [0.2, 0.25) is 0 Å². The average Bonchev–Trinajstić information content (AvgIpc) is 2.68. The summed E-state index contributed by atoms with van der Waals surface area (Å²) in [5.74, 6) is 0.0643. The fourth-order valence-electron chi connectivity index (χ4n) is 2.95. The van der Waals surface area contributed by atoms with Gasteiger partial charge in [-0.05, 0) is 30.4 Å². The minimum Gasteiger partial charge on any atom is -0.324 e. The normalized spacial score (nSPS) is 22.4. The maximum atomic E-state index is 13.7. The molecular formula is C16H25FN2. The highest BCUT2D eigenvalue weighted by Crippen LogP contribution is 2.31. The van der Waals surface area contributed by atoms with Gasteiger partial charge in [-0.15, -0.1) is 0 Å². The number of halogens is 1. The Kier molecular flexibility index (Phi) is 4.26. The first-order valence-corrected chi connectivity index (χ1v) is 7.11. The lowest BCUT2D eigenvalue weighted by molar-refractivity contribution is 0.239. The lowest BCUT2D eigenvalue weighted by atomic mass is 9.92. The molecule has 1 aliphatic rings. The van der Waals surface area contributed by atoms with E-state index in [9.17, 15) is 4.39 Å². The van der Waals surface area contributed by atoms with Crippen LogP contribution in [-0.2, 0) is 0 Å². The molecule has 2 atom stereocenters. The zero-order chi connectivity index (χ0) is 14.0. The molecule has 1 saturated heterocycles. The molecule has 0 spiro atoms. The summed E-state index contributed by atoms with van der Waals surface area (Å²) in [6.45, 7) is 9.90. The van der Waals surface area contributed by atoms with E-state index in [1.807, 2.05) is 6.07 Å². The van der Waals surface area contributed by atoms with Gasteiger partial charge in [0.1, 0.15) is 5.82 Å². The van der Waals surface area contributed by atoms with Crippen molar-refractivity contribution in [1.82, 2.24) is 4.90 Å². The zero-order valence-electron chi connectivity index (χ0n) is 12.2. The van der Waals surface area contributed by atoms with Gasteiger partial charge >= 0.3 is 0 Å². The van der Waals surface area contributed by atoms with Crippen LogP contribution in [0.4, 0.5) is 4.39 Å². The number of hydrogen-bond acceptors (Lipinski definition) is 2. The van der Waals surface area contributed by atoms with Gasteiger partial charge in [-0.1, -0.05) is 39.0 Å². The second-order valence-electron chi connectivity index (χ2n) is 6.67. The van der Waals surface area contributed by atoms with Crippen LogP contribution in [0.5, 0.6) is 0 Å². The summed E-state index contributed by atoms with van der Waals surface area (Å²) in [4.78, 5) is 2.45. The number of benzene rings is 1. The van der Waals surface area contributed by atoms with Gasteiger partial charge < -0.3 is 10.6 Å². The quantitative estimate of drug-likeness (QED) is 0.905. The van der Waals surface area contributed by atoms with Crippen molar-refractivity contribution in [3.05, 3.63) is 35.6 Å². The molecule has 0 amide bonds. The predicted octanol–water partition coefficient (Wildman–Crippen LogP) is 3.19. The van der Waals surface area contributed by atoms with Crippen molar-refractivity contribution in [2.24, 2.45) is 17.1 Å². The van der Waals surface area contributed by atoms with Gasteiger partial charge in [0, 0.05) is 24.7 Å². The number of nitrogens with zero attached hydrogens (tertiary/aromatic N) is 1. The van der Waals surface area contributed by atoms with E-state index in [1.54, 1.807) is 12.1 Å². The molecule has 2 unspecified atom stereocenters. The SMILES string of the molecule is CC(CN1CCC(C)(C)C1)C(N)c1ccccc1F. The summed E-state index contributed by atoms with van der Waals surface area (Å²) < 4.78 is 13.7. The van der Waals surface area contributed by atoms with E-state index in [-0.39, 0.29) is 17.8 Å². The first kappa shape index (κ1) is 14.5. The van der Waals surface area contributed by atoms with Gasteiger partial charge in [0.15, 0.2) is 0 Å². The summed E-state index contributed by atoms with van der Waals surface area (Å²) in [6.07, 6.45) is 1.23. The molecule has 0 aromatic heterocycles. The van der Waals surface area contributed by atoms with E-state index in [0.717, 1.165) is 19.6 Å². The molecule has 2 N–H and O–H groups in total. The van der Waals surface area contributed by atoms with Crippen LogP contribution in [0.2, 0.25) is 0 Å². The highest BCUT2D eigenvalue weighted by Gasteiger charge is 2.31. The lowest BCUT2D eigenvalue weighted by Gasteiger charge is -2.27. The van der Waals surface area contributed by atoms with Gasteiger partial charge in [-0.25, -0.2) is 4.39 Å². The Morgan fingerprint density at radius 3 is 2.63 bits per heavy atom. The molecule has 0 aliphatic carbocycles. The minimum absolute atomic E-state index is 0.191. The molecule has 106 valence electrons. The Hall–Kier alpha value is -0.930. The molecule has 3 heteroatoms. The van der Waals surface area contributed by atoms with E-state index >= 15 is 0 Å². The van der Waals surface area contributed by atoms with Crippen LogP contribution in [-0.4, -0.2) is 24.5 Å². The topological polar surface area (TPSA) is 29.3 Å². The Morgan fingerprint density at radius 1 is 1.37 bits per heavy atom. The van der Waals surface area contributed by atoms with Gasteiger partial charge in [-0.3, -0.25) is 0 Å². The maximum absolute atomic E-state index is 13.7. The number of nitrogens with two attached hydrogens (primary N) is 1. The number of likely N-dealkylation sites (tertiary alicyclic amines) is 1. The highest BCUT2D eigenvalue weighted by molar-refractivity contribution is 5.21. The third-order valence-electron chi connectivity index (χ3n) is 4.18. The molecule has 2 nitrogen and oxygen atoms in total. The fourth-order valence-corrected chi connectivity index (χ4v) is 2.95. The van der Waals surface area contributed by atoms with E-state index in [4.69, 9.17) is 5.73 Å². The van der Waals surface area contributed by atoms with Crippen LogP contribution in [0, 0.1) is 17.2 Å². The van der Waals surface area contributed by atoms with Crippen molar-refractivity contribution in [3.8, 4) is 0 Å². The molecule has 19 heavy (non-hydrogen) atoms. The first-order chi connectivity index (χ1) is 8.89.